The van der Waals surface area contributed by atoms with E-state index in [2.05, 4.69) is 4.98 Å². The van der Waals surface area contributed by atoms with E-state index in [1.807, 2.05) is 13.0 Å². The lowest BCUT2D eigenvalue weighted by Crippen LogP contribution is -1.97. The Kier molecular flexibility index (Phi) is 3.53. The number of hydrogen-bond donors (Lipinski definition) is 1. The molecule has 0 spiro atoms. The molecule has 0 saturated heterocycles. The van der Waals surface area contributed by atoms with E-state index in [1.54, 1.807) is 30.5 Å². The smallest absolute Gasteiger partial charge is 0.242 e. The van der Waals surface area contributed by atoms with E-state index in [4.69, 9.17) is 20.5 Å². The molecule has 5 nitrogen and oxygen atoms in total. The second-order valence-electron chi connectivity index (χ2n) is 3.96. The van der Waals surface area contributed by atoms with Crippen LogP contribution in [0.3, 0.4) is 0 Å². The Bertz CT molecular complexity index is 648. The molecule has 0 fully saturated rings. The summed E-state index contributed by atoms with van der Waals surface area (Å²) in [6.45, 7) is 1.87. The molecule has 2 aromatic rings. The van der Waals surface area contributed by atoms with Crippen LogP contribution in [0, 0.1) is 18.3 Å². The zero-order valence-corrected chi connectivity index (χ0v) is 10.7. The summed E-state index contributed by atoms with van der Waals surface area (Å²) in [7, 11) is 1.53. The van der Waals surface area contributed by atoms with E-state index in [9.17, 15) is 0 Å². The third kappa shape index (κ3) is 2.75. The Morgan fingerprint density at radius 1 is 1.26 bits per heavy atom. The summed E-state index contributed by atoms with van der Waals surface area (Å²) in [5, 5.41) is 8.95. The van der Waals surface area contributed by atoms with Crippen LogP contribution in [0.1, 0.15) is 11.1 Å². The van der Waals surface area contributed by atoms with Crippen LogP contribution in [-0.2, 0) is 0 Å². The number of rotatable bonds is 3. The second kappa shape index (κ2) is 5.27. The molecule has 0 radical (unpaired) electrons. The molecule has 19 heavy (non-hydrogen) atoms. The van der Waals surface area contributed by atoms with Crippen LogP contribution in [-0.4, -0.2) is 12.1 Å². The number of anilines is 1. The van der Waals surface area contributed by atoms with Gasteiger partial charge in [-0.05, 0) is 30.7 Å². The molecule has 0 aliphatic carbocycles. The molecule has 96 valence electrons. The molecule has 1 aromatic carbocycles. The first-order chi connectivity index (χ1) is 9.13. The Morgan fingerprint density at radius 3 is 2.68 bits per heavy atom. The molecule has 1 heterocycles. The zero-order chi connectivity index (χ0) is 13.8. The van der Waals surface area contributed by atoms with Gasteiger partial charge in [-0.15, -0.1) is 0 Å². The van der Waals surface area contributed by atoms with Gasteiger partial charge in [0, 0.05) is 12.3 Å². The molecule has 0 bridgehead atoms. The van der Waals surface area contributed by atoms with E-state index >= 15 is 0 Å². The third-order valence-electron chi connectivity index (χ3n) is 2.63. The number of nitriles is 1. The Labute approximate surface area is 111 Å². The van der Waals surface area contributed by atoms with Crippen molar-refractivity contribution < 1.29 is 9.47 Å². The predicted molar refractivity (Wildman–Crippen MR) is 71.2 cm³/mol. The minimum atomic E-state index is 0.317. The van der Waals surface area contributed by atoms with E-state index in [0.29, 0.717) is 28.6 Å². The molecule has 0 saturated carbocycles. The van der Waals surface area contributed by atoms with Crippen LogP contribution < -0.4 is 15.2 Å². The normalized spacial score (nSPS) is 9.74. The molecular weight excluding hydrogens is 242 g/mol. The maximum absolute atomic E-state index is 8.95. The number of methoxy groups -OCH3 is 1. The van der Waals surface area contributed by atoms with Gasteiger partial charge in [0.2, 0.25) is 5.88 Å². The molecule has 0 amide bonds. The van der Waals surface area contributed by atoms with E-state index in [-0.39, 0.29) is 0 Å². The highest BCUT2D eigenvalue weighted by atomic mass is 16.5. The summed E-state index contributed by atoms with van der Waals surface area (Å²) in [4.78, 5) is 4.07. The fourth-order valence-electron chi connectivity index (χ4n) is 1.55. The van der Waals surface area contributed by atoms with Crippen molar-refractivity contribution in [1.29, 1.82) is 5.26 Å². The summed E-state index contributed by atoms with van der Waals surface area (Å²) in [6, 6.07) is 8.74. The number of aryl methyl sites for hydroxylation is 1. The molecule has 5 heteroatoms. The quantitative estimate of drug-likeness (QED) is 0.911. The first-order valence-electron chi connectivity index (χ1n) is 5.62. The fraction of sp³-hybridized carbons (Fsp3) is 0.143. The maximum Gasteiger partial charge on any atom is 0.242 e. The topological polar surface area (TPSA) is 81.2 Å². The standard InChI is InChI=1S/C14H13N3O2/c1-9-3-4-17-14(13(9)16)19-12-6-10(8-15)5-11(7-12)18-2/h3-7H,16H2,1-2H3. The number of nitrogens with zero attached hydrogens (tertiary/aromatic N) is 2. The zero-order valence-electron chi connectivity index (χ0n) is 10.7. The number of nitrogen functional groups attached to an aromatic ring is 1. The van der Waals surface area contributed by atoms with Crippen molar-refractivity contribution in [3.8, 4) is 23.4 Å². The summed E-state index contributed by atoms with van der Waals surface area (Å²) in [5.41, 5.74) is 7.69. The first kappa shape index (κ1) is 12.7. The highest BCUT2D eigenvalue weighted by Crippen LogP contribution is 2.30. The number of ether oxygens (including phenoxy) is 2. The predicted octanol–water partition coefficient (Wildman–Crippen LogP) is 2.64. The van der Waals surface area contributed by atoms with Crippen LogP contribution in [0.4, 0.5) is 5.69 Å². The van der Waals surface area contributed by atoms with Crippen molar-refractivity contribution in [3.63, 3.8) is 0 Å². The van der Waals surface area contributed by atoms with E-state index in [1.165, 1.54) is 7.11 Å². The van der Waals surface area contributed by atoms with Gasteiger partial charge in [0.1, 0.15) is 11.5 Å². The van der Waals surface area contributed by atoms with Crippen LogP contribution in [0.25, 0.3) is 0 Å². The van der Waals surface area contributed by atoms with Crippen LogP contribution in [0.5, 0.6) is 17.4 Å². The first-order valence-corrected chi connectivity index (χ1v) is 5.62. The summed E-state index contributed by atoms with van der Waals surface area (Å²) >= 11 is 0. The Morgan fingerprint density at radius 2 is 2.00 bits per heavy atom. The SMILES string of the molecule is COc1cc(C#N)cc(Oc2nccc(C)c2N)c1. The average Bonchev–Trinajstić information content (AvgIpc) is 2.43. The molecule has 2 N–H and O–H groups in total. The fourth-order valence-corrected chi connectivity index (χ4v) is 1.55. The van der Waals surface area contributed by atoms with Gasteiger partial charge in [0.15, 0.2) is 0 Å². The molecule has 0 aliphatic heterocycles. The van der Waals surface area contributed by atoms with Gasteiger partial charge >= 0.3 is 0 Å². The largest absolute Gasteiger partial charge is 0.497 e. The lowest BCUT2D eigenvalue weighted by atomic mass is 10.2. The van der Waals surface area contributed by atoms with Crippen molar-refractivity contribution in [2.24, 2.45) is 0 Å². The average molecular weight is 255 g/mol. The van der Waals surface area contributed by atoms with Crippen LogP contribution >= 0.6 is 0 Å². The Hall–Kier alpha value is -2.74. The van der Waals surface area contributed by atoms with Crippen LogP contribution in [0.15, 0.2) is 30.5 Å². The Balaban J connectivity index is 2.38. The highest BCUT2D eigenvalue weighted by molar-refractivity contribution is 5.55. The van der Waals surface area contributed by atoms with Crippen molar-refractivity contribution in [1.82, 2.24) is 4.98 Å². The lowest BCUT2D eigenvalue weighted by Gasteiger charge is -2.10. The number of pyridine rings is 1. The number of hydrogen-bond acceptors (Lipinski definition) is 5. The molecule has 2 rings (SSSR count). The van der Waals surface area contributed by atoms with Gasteiger partial charge in [-0.1, -0.05) is 0 Å². The minimum Gasteiger partial charge on any atom is -0.497 e. The van der Waals surface area contributed by atoms with Gasteiger partial charge in [-0.25, -0.2) is 4.98 Å². The second-order valence-corrected chi connectivity index (χ2v) is 3.96. The third-order valence-corrected chi connectivity index (χ3v) is 2.63. The molecule has 0 aliphatic rings. The van der Waals surface area contributed by atoms with Crippen molar-refractivity contribution in [2.45, 2.75) is 6.92 Å². The summed E-state index contributed by atoms with van der Waals surface area (Å²) in [6.07, 6.45) is 1.62. The van der Waals surface area contributed by atoms with E-state index < -0.39 is 0 Å². The van der Waals surface area contributed by atoms with Crippen molar-refractivity contribution in [3.05, 3.63) is 41.6 Å². The van der Waals surface area contributed by atoms with Gasteiger partial charge in [-0.3, -0.25) is 0 Å². The van der Waals surface area contributed by atoms with Crippen molar-refractivity contribution >= 4 is 5.69 Å². The van der Waals surface area contributed by atoms with E-state index in [0.717, 1.165) is 5.56 Å². The molecule has 1 aromatic heterocycles. The van der Waals surface area contributed by atoms with Gasteiger partial charge < -0.3 is 15.2 Å². The van der Waals surface area contributed by atoms with Gasteiger partial charge in [-0.2, -0.15) is 5.26 Å². The van der Waals surface area contributed by atoms with Gasteiger partial charge in [0.25, 0.3) is 0 Å². The number of aromatic nitrogens is 1. The number of benzene rings is 1. The molecule has 0 unspecified atom stereocenters. The molecule has 0 atom stereocenters. The lowest BCUT2D eigenvalue weighted by molar-refractivity contribution is 0.407. The summed E-state index contributed by atoms with van der Waals surface area (Å²) in [5.74, 6) is 1.32. The van der Waals surface area contributed by atoms with Gasteiger partial charge in [0.05, 0.1) is 24.4 Å². The monoisotopic (exact) mass is 255 g/mol. The highest BCUT2D eigenvalue weighted by Gasteiger charge is 2.08. The number of nitrogens with two attached hydrogens (primary N) is 1. The van der Waals surface area contributed by atoms with Crippen molar-refractivity contribution in [2.75, 3.05) is 12.8 Å². The minimum absolute atomic E-state index is 0.317. The van der Waals surface area contributed by atoms with Crippen LogP contribution in [0.2, 0.25) is 0 Å². The maximum atomic E-state index is 8.95. The molecular formula is C14H13N3O2. The summed E-state index contributed by atoms with van der Waals surface area (Å²) < 4.78 is 10.7.